The van der Waals surface area contributed by atoms with Gasteiger partial charge in [-0.25, -0.2) is 4.79 Å². The SMILES string of the molecule is O=C(CCN1CCOC1=O)Nc1cccc2cccnc12. The molecule has 2 amide bonds. The molecule has 1 aromatic carbocycles. The number of para-hydroxylation sites is 1. The Kier molecular flexibility index (Phi) is 3.68. The quantitative estimate of drug-likeness (QED) is 0.932. The van der Waals surface area contributed by atoms with Gasteiger partial charge in [-0.2, -0.15) is 0 Å². The third kappa shape index (κ3) is 2.94. The highest BCUT2D eigenvalue weighted by Gasteiger charge is 2.22. The highest BCUT2D eigenvalue weighted by molar-refractivity contribution is 6.00. The largest absolute Gasteiger partial charge is 0.448 e. The molecule has 0 saturated carbocycles. The molecule has 0 unspecified atom stereocenters. The van der Waals surface area contributed by atoms with Gasteiger partial charge >= 0.3 is 6.09 Å². The molecule has 0 atom stereocenters. The second kappa shape index (κ2) is 5.78. The fourth-order valence-electron chi connectivity index (χ4n) is 2.28. The van der Waals surface area contributed by atoms with Crippen molar-refractivity contribution in [3.8, 4) is 0 Å². The molecule has 1 aliphatic heterocycles. The van der Waals surface area contributed by atoms with Crippen LogP contribution in [-0.4, -0.2) is 41.6 Å². The first-order valence-corrected chi connectivity index (χ1v) is 6.79. The second-order valence-electron chi connectivity index (χ2n) is 4.78. The molecular weight excluding hydrogens is 270 g/mol. The third-order valence-electron chi connectivity index (χ3n) is 3.36. The van der Waals surface area contributed by atoms with E-state index in [0.717, 1.165) is 10.9 Å². The lowest BCUT2D eigenvalue weighted by Crippen LogP contribution is -2.28. The van der Waals surface area contributed by atoms with E-state index in [2.05, 4.69) is 10.3 Å². The Labute approximate surface area is 121 Å². The number of carbonyl (C=O) groups is 2. The maximum atomic E-state index is 12.0. The highest BCUT2D eigenvalue weighted by Crippen LogP contribution is 2.20. The van der Waals surface area contributed by atoms with Crippen molar-refractivity contribution in [1.82, 2.24) is 9.88 Å². The molecule has 21 heavy (non-hydrogen) atoms. The summed E-state index contributed by atoms with van der Waals surface area (Å²) < 4.78 is 4.82. The number of anilines is 1. The van der Waals surface area contributed by atoms with Crippen LogP contribution in [0.25, 0.3) is 10.9 Å². The lowest BCUT2D eigenvalue weighted by Gasteiger charge is -2.12. The Morgan fingerprint density at radius 2 is 2.19 bits per heavy atom. The molecule has 2 aromatic rings. The molecule has 6 nitrogen and oxygen atoms in total. The first-order chi connectivity index (χ1) is 10.2. The van der Waals surface area contributed by atoms with Gasteiger partial charge in [-0.1, -0.05) is 18.2 Å². The Morgan fingerprint density at radius 1 is 1.33 bits per heavy atom. The van der Waals surface area contributed by atoms with Gasteiger partial charge in [-0.05, 0) is 12.1 Å². The fraction of sp³-hybridized carbons (Fsp3) is 0.267. The minimum absolute atomic E-state index is 0.146. The van der Waals surface area contributed by atoms with Crippen LogP contribution in [0.4, 0.5) is 10.5 Å². The first kappa shape index (κ1) is 13.4. The lowest BCUT2D eigenvalue weighted by molar-refractivity contribution is -0.116. The van der Waals surface area contributed by atoms with E-state index < -0.39 is 0 Å². The number of carbonyl (C=O) groups excluding carboxylic acids is 2. The minimum Gasteiger partial charge on any atom is -0.448 e. The summed E-state index contributed by atoms with van der Waals surface area (Å²) in [4.78, 5) is 29.1. The summed E-state index contributed by atoms with van der Waals surface area (Å²) in [6.45, 7) is 1.30. The van der Waals surface area contributed by atoms with Crippen molar-refractivity contribution in [3.63, 3.8) is 0 Å². The summed E-state index contributed by atoms with van der Waals surface area (Å²) in [5, 5.41) is 3.81. The van der Waals surface area contributed by atoms with Gasteiger partial charge in [0.05, 0.1) is 17.7 Å². The molecule has 1 saturated heterocycles. The van der Waals surface area contributed by atoms with Crippen molar-refractivity contribution in [2.45, 2.75) is 6.42 Å². The maximum Gasteiger partial charge on any atom is 0.409 e. The number of hydrogen-bond donors (Lipinski definition) is 1. The summed E-state index contributed by atoms with van der Waals surface area (Å²) >= 11 is 0. The number of rotatable bonds is 4. The number of pyridine rings is 1. The van der Waals surface area contributed by atoms with Crippen LogP contribution in [0.5, 0.6) is 0 Å². The predicted molar refractivity (Wildman–Crippen MR) is 77.9 cm³/mol. The molecule has 1 aromatic heterocycles. The van der Waals surface area contributed by atoms with Gasteiger partial charge < -0.3 is 15.0 Å². The van der Waals surface area contributed by atoms with Gasteiger partial charge in [0.2, 0.25) is 5.91 Å². The van der Waals surface area contributed by atoms with E-state index in [1.54, 1.807) is 6.20 Å². The predicted octanol–water partition coefficient (Wildman–Crippen LogP) is 2.02. The standard InChI is InChI=1S/C15H15N3O3/c19-13(6-8-18-9-10-21-15(18)20)17-12-5-1-3-11-4-2-7-16-14(11)12/h1-5,7H,6,8-10H2,(H,17,19). The van der Waals surface area contributed by atoms with Gasteiger partial charge in [0.1, 0.15) is 6.61 Å². The highest BCUT2D eigenvalue weighted by atomic mass is 16.6. The average Bonchev–Trinajstić information content (AvgIpc) is 2.91. The van der Waals surface area contributed by atoms with Crippen molar-refractivity contribution < 1.29 is 14.3 Å². The average molecular weight is 285 g/mol. The number of nitrogens with zero attached hydrogens (tertiary/aromatic N) is 2. The van der Waals surface area contributed by atoms with E-state index in [-0.39, 0.29) is 18.4 Å². The van der Waals surface area contributed by atoms with Crippen LogP contribution in [0.2, 0.25) is 0 Å². The number of aromatic nitrogens is 1. The van der Waals surface area contributed by atoms with E-state index >= 15 is 0 Å². The summed E-state index contributed by atoms with van der Waals surface area (Å²) in [6.07, 6.45) is 1.57. The van der Waals surface area contributed by atoms with E-state index in [1.807, 2.05) is 30.3 Å². The zero-order chi connectivity index (χ0) is 14.7. The molecule has 2 heterocycles. The van der Waals surface area contributed by atoms with Crippen LogP contribution in [0.1, 0.15) is 6.42 Å². The summed E-state index contributed by atoms with van der Waals surface area (Å²) in [5.74, 6) is -0.146. The Morgan fingerprint density at radius 3 is 3.00 bits per heavy atom. The van der Waals surface area contributed by atoms with Gasteiger partial charge in [-0.3, -0.25) is 9.78 Å². The van der Waals surface area contributed by atoms with Crippen LogP contribution in [0.3, 0.4) is 0 Å². The lowest BCUT2D eigenvalue weighted by atomic mass is 10.2. The molecule has 1 aliphatic rings. The monoisotopic (exact) mass is 285 g/mol. The summed E-state index contributed by atoms with van der Waals surface area (Å²) in [5.41, 5.74) is 1.44. The van der Waals surface area contributed by atoms with Crippen LogP contribution >= 0.6 is 0 Å². The Bertz CT molecular complexity index is 681. The van der Waals surface area contributed by atoms with E-state index in [1.165, 1.54) is 4.90 Å². The molecule has 6 heteroatoms. The number of fused-ring (bicyclic) bond motifs is 1. The van der Waals surface area contributed by atoms with Gasteiger partial charge in [0, 0.05) is 24.5 Å². The number of ether oxygens (including phenoxy) is 1. The van der Waals surface area contributed by atoms with Crippen molar-refractivity contribution >= 4 is 28.6 Å². The molecule has 1 fully saturated rings. The molecule has 0 spiro atoms. The van der Waals surface area contributed by atoms with Crippen LogP contribution in [-0.2, 0) is 9.53 Å². The van der Waals surface area contributed by atoms with Crippen LogP contribution in [0.15, 0.2) is 36.5 Å². The topological polar surface area (TPSA) is 71.5 Å². The van der Waals surface area contributed by atoms with E-state index in [0.29, 0.717) is 25.4 Å². The minimum atomic E-state index is -0.352. The van der Waals surface area contributed by atoms with Gasteiger partial charge in [-0.15, -0.1) is 0 Å². The third-order valence-corrected chi connectivity index (χ3v) is 3.36. The van der Waals surface area contributed by atoms with Crippen LogP contribution < -0.4 is 5.32 Å². The van der Waals surface area contributed by atoms with Gasteiger partial charge in [0.25, 0.3) is 0 Å². The maximum absolute atomic E-state index is 12.0. The van der Waals surface area contributed by atoms with Gasteiger partial charge in [0.15, 0.2) is 0 Å². The molecule has 0 aliphatic carbocycles. The van der Waals surface area contributed by atoms with Crippen molar-refractivity contribution in [1.29, 1.82) is 0 Å². The number of amides is 2. The van der Waals surface area contributed by atoms with Crippen molar-refractivity contribution in [3.05, 3.63) is 36.5 Å². The fourth-order valence-corrected chi connectivity index (χ4v) is 2.28. The molecule has 1 N–H and O–H groups in total. The number of cyclic esters (lactones) is 1. The summed E-state index contributed by atoms with van der Waals surface area (Å²) in [6, 6.07) is 9.43. The molecular formula is C15H15N3O3. The van der Waals surface area contributed by atoms with E-state index in [4.69, 9.17) is 4.74 Å². The summed E-state index contributed by atoms with van der Waals surface area (Å²) in [7, 11) is 0. The smallest absolute Gasteiger partial charge is 0.409 e. The molecule has 3 rings (SSSR count). The number of benzene rings is 1. The Balaban J connectivity index is 1.65. The molecule has 0 bridgehead atoms. The normalized spacial score (nSPS) is 14.3. The van der Waals surface area contributed by atoms with Crippen molar-refractivity contribution in [2.75, 3.05) is 25.0 Å². The van der Waals surface area contributed by atoms with E-state index in [9.17, 15) is 9.59 Å². The molecule has 0 radical (unpaired) electrons. The zero-order valence-corrected chi connectivity index (χ0v) is 11.4. The zero-order valence-electron chi connectivity index (χ0n) is 11.4. The first-order valence-electron chi connectivity index (χ1n) is 6.79. The van der Waals surface area contributed by atoms with Crippen molar-refractivity contribution in [2.24, 2.45) is 0 Å². The second-order valence-corrected chi connectivity index (χ2v) is 4.78. The number of hydrogen-bond acceptors (Lipinski definition) is 4. The molecule has 108 valence electrons. The Hall–Kier alpha value is -2.63. The number of nitrogens with one attached hydrogen (secondary N) is 1. The van der Waals surface area contributed by atoms with Crippen LogP contribution in [0, 0.1) is 0 Å².